The molecule has 3 aromatic rings. The maximum absolute atomic E-state index is 12.4. The monoisotopic (exact) mass is 310 g/mol. The molecule has 23 heavy (non-hydrogen) atoms. The molecule has 3 heterocycles. The molecule has 0 aliphatic heterocycles. The van der Waals surface area contributed by atoms with Crippen LogP contribution < -0.4 is 0 Å². The summed E-state index contributed by atoms with van der Waals surface area (Å²) in [6, 6.07) is 5.56. The zero-order valence-corrected chi connectivity index (χ0v) is 12.4. The summed E-state index contributed by atoms with van der Waals surface area (Å²) in [7, 11) is 0. The average molecular weight is 310 g/mol. The van der Waals surface area contributed by atoms with Crippen LogP contribution in [0.3, 0.4) is 0 Å². The maximum atomic E-state index is 12.4. The summed E-state index contributed by atoms with van der Waals surface area (Å²) in [5, 5.41) is 16.1. The van der Waals surface area contributed by atoms with Gasteiger partial charge in [0.15, 0.2) is 11.5 Å². The number of hydrogen-bond acceptors (Lipinski definition) is 6. The van der Waals surface area contributed by atoms with Crippen molar-refractivity contribution in [1.82, 2.24) is 20.2 Å². The van der Waals surface area contributed by atoms with Crippen LogP contribution >= 0.6 is 0 Å². The molecule has 3 rings (SSSR count). The zero-order chi connectivity index (χ0) is 16.2. The summed E-state index contributed by atoms with van der Waals surface area (Å²) in [6.07, 6.45) is 6.29. The van der Waals surface area contributed by atoms with Crippen LogP contribution in [0.2, 0.25) is 0 Å². The second-order valence-electron chi connectivity index (χ2n) is 4.96. The van der Waals surface area contributed by atoms with E-state index in [4.69, 9.17) is 4.42 Å². The standard InChI is InChI=1S/C16H14N4O3/c1-10-6-12(7-11-2-4-17-5-3-11)15(23-10)13(21)8-14(22)16-18-9-19-20-16/h2-6,8-9,22H,7H2,1H3,(H,18,19,20). The van der Waals surface area contributed by atoms with E-state index in [-0.39, 0.29) is 17.3 Å². The number of aliphatic hydroxyl groups is 1. The predicted octanol–water partition coefficient (Wildman–Crippen LogP) is 2.47. The van der Waals surface area contributed by atoms with Gasteiger partial charge in [-0.05, 0) is 30.7 Å². The molecule has 0 amide bonds. The van der Waals surface area contributed by atoms with Gasteiger partial charge in [-0.25, -0.2) is 4.98 Å². The predicted molar refractivity (Wildman–Crippen MR) is 81.8 cm³/mol. The minimum Gasteiger partial charge on any atom is -0.504 e. The third-order valence-corrected chi connectivity index (χ3v) is 3.21. The van der Waals surface area contributed by atoms with Gasteiger partial charge >= 0.3 is 0 Å². The molecule has 0 aromatic carbocycles. The van der Waals surface area contributed by atoms with E-state index in [0.717, 1.165) is 17.2 Å². The SMILES string of the molecule is Cc1cc(Cc2ccncc2)c(C(=O)C=C(O)c2nc[nH]n2)o1. The molecule has 116 valence electrons. The van der Waals surface area contributed by atoms with E-state index in [1.54, 1.807) is 19.3 Å². The van der Waals surface area contributed by atoms with Crippen molar-refractivity contribution in [2.24, 2.45) is 0 Å². The summed E-state index contributed by atoms with van der Waals surface area (Å²) in [5.41, 5.74) is 1.76. The number of aliphatic hydroxyl groups excluding tert-OH is 1. The van der Waals surface area contributed by atoms with Gasteiger partial charge in [-0.2, -0.15) is 5.10 Å². The lowest BCUT2D eigenvalue weighted by atomic mass is 10.0. The van der Waals surface area contributed by atoms with E-state index < -0.39 is 5.78 Å². The average Bonchev–Trinajstić information content (AvgIpc) is 3.18. The smallest absolute Gasteiger partial charge is 0.225 e. The molecule has 2 N–H and O–H groups in total. The molecule has 0 unspecified atom stereocenters. The molecule has 7 nitrogen and oxygen atoms in total. The van der Waals surface area contributed by atoms with Gasteiger partial charge in [0.05, 0.1) is 0 Å². The number of furan rings is 1. The summed E-state index contributed by atoms with van der Waals surface area (Å²) in [6.45, 7) is 1.77. The Kier molecular flexibility index (Phi) is 4.01. The number of nitrogens with zero attached hydrogens (tertiary/aromatic N) is 3. The van der Waals surface area contributed by atoms with Crippen molar-refractivity contribution >= 4 is 11.5 Å². The van der Waals surface area contributed by atoms with Gasteiger partial charge in [-0.1, -0.05) is 0 Å². The molecular weight excluding hydrogens is 296 g/mol. The van der Waals surface area contributed by atoms with E-state index in [2.05, 4.69) is 20.2 Å². The molecule has 0 aliphatic rings. The van der Waals surface area contributed by atoms with Gasteiger partial charge in [0, 0.05) is 30.5 Å². The number of allylic oxidation sites excluding steroid dienone is 1. The largest absolute Gasteiger partial charge is 0.504 e. The number of pyridine rings is 1. The van der Waals surface area contributed by atoms with Crippen LogP contribution in [-0.2, 0) is 6.42 Å². The Morgan fingerprint density at radius 3 is 2.87 bits per heavy atom. The Bertz CT molecular complexity index is 836. The molecule has 0 atom stereocenters. The summed E-state index contributed by atoms with van der Waals surface area (Å²) >= 11 is 0. The second kappa shape index (κ2) is 6.27. The molecule has 0 spiro atoms. The lowest BCUT2D eigenvalue weighted by Gasteiger charge is -2.00. The van der Waals surface area contributed by atoms with Gasteiger partial charge in [-0.3, -0.25) is 14.9 Å². The number of carbonyl (C=O) groups excluding carboxylic acids is 1. The fraction of sp³-hybridized carbons (Fsp3) is 0.125. The van der Waals surface area contributed by atoms with Gasteiger partial charge in [0.25, 0.3) is 0 Å². The number of H-pyrrole nitrogens is 1. The highest BCUT2D eigenvalue weighted by atomic mass is 16.3. The van der Waals surface area contributed by atoms with E-state index in [1.807, 2.05) is 18.2 Å². The summed E-state index contributed by atoms with van der Waals surface area (Å²) in [4.78, 5) is 20.1. The lowest BCUT2D eigenvalue weighted by Crippen LogP contribution is -2.00. The third-order valence-electron chi connectivity index (χ3n) is 3.21. The Hall–Kier alpha value is -3.22. The lowest BCUT2D eigenvalue weighted by molar-refractivity contribution is 0.101. The fourth-order valence-electron chi connectivity index (χ4n) is 2.21. The summed E-state index contributed by atoms with van der Waals surface area (Å²) in [5.74, 6) is 0.117. The quantitative estimate of drug-likeness (QED) is 0.426. The molecule has 0 bridgehead atoms. The van der Waals surface area contributed by atoms with E-state index >= 15 is 0 Å². The van der Waals surface area contributed by atoms with Crippen LogP contribution in [0, 0.1) is 6.92 Å². The molecule has 0 radical (unpaired) electrons. The first-order valence-corrected chi connectivity index (χ1v) is 6.93. The van der Waals surface area contributed by atoms with Crippen molar-refractivity contribution in [2.75, 3.05) is 0 Å². The number of nitrogens with one attached hydrogen (secondary N) is 1. The highest BCUT2D eigenvalue weighted by molar-refractivity contribution is 6.06. The first-order chi connectivity index (χ1) is 11.1. The zero-order valence-electron chi connectivity index (χ0n) is 12.4. The number of carbonyl (C=O) groups is 1. The number of aryl methyl sites for hydroxylation is 1. The maximum Gasteiger partial charge on any atom is 0.225 e. The molecule has 0 aliphatic carbocycles. The van der Waals surface area contributed by atoms with Crippen LogP contribution in [-0.4, -0.2) is 31.1 Å². The van der Waals surface area contributed by atoms with E-state index in [1.165, 1.54) is 6.33 Å². The van der Waals surface area contributed by atoms with Crippen LogP contribution in [0.25, 0.3) is 5.76 Å². The Morgan fingerprint density at radius 2 is 2.17 bits per heavy atom. The van der Waals surface area contributed by atoms with Gasteiger partial charge in [-0.15, -0.1) is 0 Å². The van der Waals surface area contributed by atoms with E-state index in [0.29, 0.717) is 12.2 Å². The van der Waals surface area contributed by atoms with Gasteiger partial charge in [0.2, 0.25) is 11.6 Å². The third kappa shape index (κ3) is 3.34. The van der Waals surface area contributed by atoms with Crippen molar-refractivity contribution in [3.63, 3.8) is 0 Å². The number of aromatic nitrogens is 4. The van der Waals surface area contributed by atoms with Gasteiger partial charge in [0.1, 0.15) is 12.1 Å². The molecular formula is C16H14N4O3. The fourth-order valence-corrected chi connectivity index (χ4v) is 2.21. The first kappa shape index (κ1) is 14.7. The normalized spacial score (nSPS) is 11.6. The highest BCUT2D eigenvalue weighted by Gasteiger charge is 2.17. The summed E-state index contributed by atoms with van der Waals surface area (Å²) < 4.78 is 5.50. The van der Waals surface area contributed by atoms with Crippen molar-refractivity contribution < 1.29 is 14.3 Å². The number of rotatable bonds is 5. The van der Waals surface area contributed by atoms with Crippen molar-refractivity contribution in [1.29, 1.82) is 0 Å². The highest BCUT2D eigenvalue weighted by Crippen LogP contribution is 2.20. The van der Waals surface area contributed by atoms with Crippen LogP contribution in [0.1, 0.15) is 33.3 Å². The van der Waals surface area contributed by atoms with Gasteiger partial charge < -0.3 is 9.52 Å². The molecule has 0 saturated heterocycles. The van der Waals surface area contributed by atoms with Crippen molar-refractivity contribution in [3.8, 4) is 0 Å². The topological polar surface area (TPSA) is 105 Å². The molecule has 3 aromatic heterocycles. The molecule has 0 fully saturated rings. The Balaban J connectivity index is 1.88. The number of ketones is 1. The Labute approximate surface area is 131 Å². The van der Waals surface area contributed by atoms with E-state index in [9.17, 15) is 9.90 Å². The van der Waals surface area contributed by atoms with Crippen LogP contribution in [0.4, 0.5) is 0 Å². The molecule has 7 heteroatoms. The molecule has 0 saturated carbocycles. The number of hydrogen-bond donors (Lipinski definition) is 2. The van der Waals surface area contributed by atoms with Crippen LogP contribution in [0.5, 0.6) is 0 Å². The Morgan fingerprint density at radius 1 is 1.39 bits per heavy atom. The second-order valence-corrected chi connectivity index (χ2v) is 4.96. The van der Waals surface area contributed by atoms with Crippen LogP contribution in [0.15, 0.2) is 47.4 Å². The minimum atomic E-state index is -0.440. The first-order valence-electron chi connectivity index (χ1n) is 6.93. The minimum absolute atomic E-state index is 0.0531. The van der Waals surface area contributed by atoms with Crippen molar-refractivity contribution in [2.45, 2.75) is 13.3 Å². The van der Waals surface area contributed by atoms with Crippen molar-refractivity contribution in [3.05, 3.63) is 71.5 Å². The number of aromatic amines is 1.